The Morgan fingerprint density at radius 2 is 2.21 bits per heavy atom. The second-order valence-electron chi connectivity index (χ2n) is 4.01. The summed E-state index contributed by atoms with van der Waals surface area (Å²) >= 11 is 5.96. The number of amides is 1. The van der Waals surface area contributed by atoms with Crippen LogP contribution >= 0.6 is 11.6 Å². The molecule has 1 amide bonds. The normalized spacial score (nSPS) is 9.79. The van der Waals surface area contributed by atoms with E-state index in [0.717, 1.165) is 12.2 Å². The molecule has 0 bridgehead atoms. The Labute approximate surface area is 119 Å². The summed E-state index contributed by atoms with van der Waals surface area (Å²) < 4.78 is 0. The lowest BCUT2D eigenvalue weighted by atomic mass is 10.1. The average molecular weight is 280 g/mol. The third-order valence-electron chi connectivity index (χ3n) is 2.74. The molecule has 0 heterocycles. The third-order valence-corrected chi connectivity index (χ3v) is 2.98. The standard InChI is InChI=1S/C14H18ClN3O/c1-3-17-13-7-6-11(15)10-12(13)14(19)18(4-2)9-5-8-16/h6-7,10,17H,3-5,9H2,1-2H3. The van der Waals surface area contributed by atoms with Gasteiger partial charge in [0, 0.05) is 30.3 Å². The lowest BCUT2D eigenvalue weighted by Crippen LogP contribution is -2.32. The van der Waals surface area contributed by atoms with E-state index < -0.39 is 0 Å². The number of nitrogens with zero attached hydrogens (tertiary/aromatic N) is 2. The monoisotopic (exact) mass is 279 g/mol. The Bertz CT molecular complexity index is 482. The van der Waals surface area contributed by atoms with Crippen molar-refractivity contribution in [1.82, 2.24) is 4.90 Å². The number of halogens is 1. The number of carbonyl (C=O) groups is 1. The average Bonchev–Trinajstić information content (AvgIpc) is 2.41. The number of hydrogen-bond acceptors (Lipinski definition) is 3. The van der Waals surface area contributed by atoms with E-state index in [0.29, 0.717) is 30.1 Å². The van der Waals surface area contributed by atoms with Gasteiger partial charge in [-0.1, -0.05) is 11.6 Å². The first-order valence-corrected chi connectivity index (χ1v) is 6.71. The zero-order valence-corrected chi connectivity index (χ0v) is 12.0. The Morgan fingerprint density at radius 1 is 1.47 bits per heavy atom. The van der Waals surface area contributed by atoms with Gasteiger partial charge >= 0.3 is 0 Å². The van der Waals surface area contributed by atoms with E-state index in [9.17, 15) is 4.79 Å². The molecule has 0 fully saturated rings. The highest BCUT2D eigenvalue weighted by Gasteiger charge is 2.17. The molecule has 0 atom stereocenters. The van der Waals surface area contributed by atoms with Crippen molar-refractivity contribution in [2.45, 2.75) is 20.3 Å². The number of nitriles is 1. The van der Waals surface area contributed by atoms with Gasteiger partial charge in [-0.3, -0.25) is 4.79 Å². The van der Waals surface area contributed by atoms with E-state index in [2.05, 4.69) is 11.4 Å². The minimum Gasteiger partial charge on any atom is -0.385 e. The molecule has 0 aliphatic heterocycles. The van der Waals surface area contributed by atoms with Gasteiger partial charge in [-0.15, -0.1) is 0 Å². The van der Waals surface area contributed by atoms with Crippen molar-refractivity contribution in [2.24, 2.45) is 0 Å². The van der Waals surface area contributed by atoms with Crippen molar-refractivity contribution in [3.63, 3.8) is 0 Å². The van der Waals surface area contributed by atoms with Crippen LogP contribution in [0.3, 0.4) is 0 Å². The quantitative estimate of drug-likeness (QED) is 0.870. The van der Waals surface area contributed by atoms with Gasteiger partial charge in [-0.05, 0) is 32.0 Å². The largest absolute Gasteiger partial charge is 0.385 e. The summed E-state index contributed by atoms with van der Waals surface area (Å²) in [6.07, 6.45) is 0.330. The molecule has 0 aromatic heterocycles. The summed E-state index contributed by atoms with van der Waals surface area (Å²) in [5, 5.41) is 12.3. The Kier molecular flexibility index (Phi) is 6.17. The lowest BCUT2D eigenvalue weighted by Gasteiger charge is -2.21. The van der Waals surface area contributed by atoms with Crippen molar-refractivity contribution < 1.29 is 4.79 Å². The van der Waals surface area contributed by atoms with Crippen LogP contribution in [0.1, 0.15) is 30.6 Å². The molecular formula is C14H18ClN3O. The Morgan fingerprint density at radius 3 is 2.79 bits per heavy atom. The van der Waals surface area contributed by atoms with Crippen LogP contribution in [0.5, 0.6) is 0 Å². The van der Waals surface area contributed by atoms with Crippen molar-refractivity contribution in [3.05, 3.63) is 28.8 Å². The number of rotatable bonds is 6. The Hall–Kier alpha value is -1.73. The zero-order valence-electron chi connectivity index (χ0n) is 11.2. The molecule has 0 saturated heterocycles. The van der Waals surface area contributed by atoms with E-state index in [4.69, 9.17) is 16.9 Å². The van der Waals surface area contributed by atoms with Crippen molar-refractivity contribution >= 4 is 23.2 Å². The van der Waals surface area contributed by atoms with Gasteiger partial charge < -0.3 is 10.2 Å². The molecule has 19 heavy (non-hydrogen) atoms. The highest BCUT2D eigenvalue weighted by atomic mass is 35.5. The van der Waals surface area contributed by atoms with Crippen LogP contribution < -0.4 is 5.32 Å². The number of benzene rings is 1. The molecule has 5 heteroatoms. The highest BCUT2D eigenvalue weighted by molar-refractivity contribution is 6.31. The third kappa shape index (κ3) is 4.15. The van der Waals surface area contributed by atoms with Crippen molar-refractivity contribution in [2.75, 3.05) is 25.0 Å². The number of hydrogen-bond donors (Lipinski definition) is 1. The first kappa shape index (κ1) is 15.3. The molecule has 102 valence electrons. The summed E-state index contributed by atoms with van der Waals surface area (Å²) in [7, 11) is 0. The first-order valence-electron chi connectivity index (χ1n) is 6.33. The van der Waals surface area contributed by atoms with Crippen LogP contribution in [-0.4, -0.2) is 30.4 Å². The molecule has 0 saturated carbocycles. The fourth-order valence-corrected chi connectivity index (χ4v) is 1.97. The fourth-order valence-electron chi connectivity index (χ4n) is 1.80. The van der Waals surface area contributed by atoms with E-state index in [-0.39, 0.29) is 5.91 Å². The predicted octanol–water partition coefficient (Wildman–Crippen LogP) is 3.15. The van der Waals surface area contributed by atoms with Crippen LogP contribution in [0.15, 0.2) is 18.2 Å². The minimum absolute atomic E-state index is 0.101. The predicted molar refractivity (Wildman–Crippen MR) is 77.4 cm³/mol. The molecule has 4 nitrogen and oxygen atoms in total. The Balaban J connectivity index is 3.02. The zero-order chi connectivity index (χ0) is 14.3. The van der Waals surface area contributed by atoms with Crippen LogP contribution in [0.25, 0.3) is 0 Å². The van der Waals surface area contributed by atoms with Gasteiger partial charge in [-0.2, -0.15) is 5.26 Å². The van der Waals surface area contributed by atoms with E-state index >= 15 is 0 Å². The maximum Gasteiger partial charge on any atom is 0.256 e. The molecule has 0 unspecified atom stereocenters. The minimum atomic E-state index is -0.101. The second-order valence-corrected chi connectivity index (χ2v) is 4.45. The maximum absolute atomic E-state index is 12.4. The van der Waals surface area contributed by atoms with Crippen LogP contribution in [-0.2, 0) is 0 Å². The van der Waals surface area contributed by atoms with E-state index in [1.807, 2.05) is 13.8 Å². The number of carbonyl (C=O) groups excluding carboxylic acids is 1. The molecule has 0 aliphatic carbocycles. The molecular weight excluding hydrogens is 262 g/mol. The van der Waals surface area contributed by atoms with Crippen molar-refractivity contribution in [3.8, 4) is 6.07 Å². The number of anilines is 1. The van der Waals surface area contributed by atoms with Gasteiger partial charge in [-0.25, -0.2) is 0 Å². The summed E-state index contributed by atoms with van der Waals surface area (Å²) in [5.41, 5.74) is 1.32. The van der Waals surface area contributed by atoms with Gasteiger partial charge in [0.25, 0.3) is 5.91 Å². The van der Waals surface area contributed by atoms with Gasteiger partial charge in [0.05, 0.1) is 18.1 Å². The smallest absolute Gasteiger partial charge is 0.256 e. The van der Waals surface area contributed by atoms with Gasteiger partial charge in [0.15, 0.2) is 0 Å². The molecule has 1 rings (SSSR count). The summed E-state index contributed by atoms with van der Waals surface area (Å²) in [4.78, 5) is 14.1. The SMILES string of the molecule is CCNc1ccc(Cl)cc1C(=O)N(CC)CCC#N. The first-order chi connectivity index (χ1) is 9.13. The molecule has 1 N–H and O–H groups in total. The summed E-state index contributed by atoms with van der Waals surface area (Å²) in [5.74, 6) is -0.101. The van der Waals surface area contributed by atoms with Crippen LogP contribution in [0, 0.1) is 11.3 Å². The lowest BCUT2D eigenvalue weighted by molar-refractivity contribution is 0.0769. The number of nitrogens with one attached hydrogen (secondary N) is 1. The van der Waals surface area contributed by atoms with E-state index in [1.54, 1.807) is 23.1 Å². The molecule has 0 aliphatic rings. The second kappa shape index (κ2) is 7.65. The van der Waals surface area contributed by atoms with E-state index in [1.165, 1.54) is 0 Å². The summed E-state index contributed by atoms with van der Waals surface area (Å²) in [6, 6.07) is 7.27. The fraction of sp³-hybridized carbons (Fsp3) is 0.429. The maximum atomic E-state index is 12.4. The van der Waals surface area contributed by atoms with Gasteiger partial charge in [0.1, 0.15) is 0 Å². The van der Waals surface area contributed by atoms with Crippen LogP contribution in [0.2, 0.25) is 5.02 Å². The van der Waals surface area contributed by atoms with Crippen molar-refractivity contribution in [1.29, 1.82) is 5.26 Å². The topological polar surface area (TPSA) is 56.1 Å². The molecule has 0 spiro atoms. The molecule has 0 radical (unpaired) electrons. The highest BCUT2D eigenvalue weighted by Crippen LogP contribution is 2.22. The molecule has 1 aromatic rings. The molecule has 1 aromatic carbocycles. The van der Waals surface area contributed by atoms with Crippen LogP contribution in [0.4, 0.5) is 5.69 Å². The van der Waals surface area contributed by atoms with Gasteiger partial charge in [0.2, 0.25) is 0 Å². The summed E-state index contributed by atoms with van der Waals surface area (Å²) in [6.45, 7) is 5.59.